The van der Waals surface area contributed by atoms with Gasteiger partial charge in [0, 0.05) is 32.3 Å². The molecule has 1 aromatic heterocycles. The molecule has 1 saturated heterocycles. The molecule has 0 atom stereocenters. The van der Waals surface area contributed by atoms with Crippen molar-refractivity contribution < 1.29 is 9.53 Å². The number of piperidine rings is 1. The van der Waals surface area contributed by atoms with Crippen molar-refractivity contribution >= 4 is 11.7 Å². The lowest BCUT2D eigenvalue weighted by Gasteiger charge is -2.37. The molecule has 24 heavy (non-hydrogen) atoms. The molecule has 1 amide bonds. The molecule has 1 aliphatic heterocycles. The third kappa shape index (κ3) is 3.89. The van der Waals surface area contributed by atoms with Crippen LogP contribution in [-0.4, -0.2) is 41.6 Å². The zero-order valence-electron chi connectivity index (χ0n) is 14.8. The minimum Gasteiger partial charge on any atom is -0.384 e. The largest absolute Gasteiger partial charge is 0.384 e. The van der Waals surface area contributed by atoms with E-state index in [-0.39, 0.29) is 0 Å². The standard InChI is InChI=1S/C19H29N3O2/c1-3-24-16-9-14(10-16)11-19(23)22-6-4-15(5-7-22)17-12-21-18(20)8-13(17)2/h8,12,14-16H,3-7,9-11H2,1-2H3,(H2,20,21). The number of hydrogen-bond acceptors (Lipinski definition) is 4. The molecule has 5 heteroatoms. The first-order chi connectivity index (χ1) is 11.6. The first-order valence-corrected chi connectivity index (χ1v) is 9.18. The van der Waals surface area contributed by atoms with Crippen molar-refractivity contribution in [1.82, 2.24) is 9.88 Å². The predicted molar refractivity (Wildman–Crippen MR) is 94.7 cm³/mol. The van der Waals surface area contributed by atoms with E-state index in [1.54, 1.807) is 0 Å². The van der Waals surface area contributed by atoms with Gasteiger partial charge in [-0.05, 0) is 68.6 Å². The van der Waals surface area contributed by atoms with Gasteiger partial charge in [0.25, 0.3) is 0 Å². The van der Waals surface area contributed by atoms with Crippen molar-refractivity contribution in [2.45, 2.75) is 58.0 Å². The zero-order valence-corrected chi connectivity index (χ0v) is 14.8. The van der Waals surface area contributed by atoms with Gasteiger partial charge in [0.2, 0.25) is 5.91 Å². The summed E-state index contributed by atoms with van der Waals surface area (Å²) in [4.78, 5) is 18.8. The van der Waals surface area contributed by atoms with Crippen LogP contribution < -0.4 is 5.73 Å². The Balaban J connectivity index is 1.46. The number of nitrogens with two attached hydrogens (primary N) is 1. The average Bonchev–Trinajstić information content (AvgIpc) is 2.53. The molecule has 5 nitrogen and oxygen atoms in total. The van der Waals surface area contributed by atoms with Gasteiger partial charge in [0.15, 0.2) is 0 Å². The number of ether oxygens (including phenoxy) is 1. The highest BCUT2D eigenvalue weighted by molar-refractivity contribution is 5.76. The molecule has 0 spiro atoms. The Morgan fingerprint density at radius 1 is 1.38 bits per heavy atom. The number of aromatic nitrogens is 1. The second kappa shape index (κ2) is 7.51. The van der Waals surface area contributed by atoms with Gasteiger partial charge in [-0.15, -0.1) is 0 Å². The van der Waals surface area contributed by atoms with Gasteiger partial charge in [-0.3, -0.25) is 4.79 Å². The van der Waals surface area contributed by atoms with Gasteiger partial charge in [-0.25, -0.2) is 4.98 Å². The number of anilines is 1. The molecule has 2 aliphatic rings. The number of hydrogen-bond donors (Lipinski definition) is 1. The summed E-state index contributed by atoms with van der Waals surface area (Å²) < 4.78 is 5.58. The summed E-state index contributed by atoms with van der Waals surface area (Å²) in [6, 6.07) is 1.94. The minimum atomic E-state index is 0.320. The van der Waals surface area contributed by atoms with Gasteiger partial charge >= 0.3 is 0 Å². The highest BCUT2D eigenvalue weighted by Gasteiger charge is 2.33. The van der Waals surface area contributed by atoms with Gasteiger partial charge in [-0.1, -0.05) is 0 Å². The van der Waals surface area contributed by atoms with Gasteiger partial charge in [-0.2, -0.15) is 0 Å². The van der Waals surface area contributed by atoms with E-state index in [4.69, 9.17) is 10.5 Å². The number of nitrogen functional groups attached to an aromatic ring is 1. The first kappa shape index (κ1) is 17.2. The number of nitrogens with zero attached hydrogens (tertiary/aromatic N) is 2. The lowest BCUT2D eigenvalue weighted by molar-refractivity contribution is -0.135. The van der Waals surface area contributed by atoms with Gasteiger partial charge in [0.05, 0.1) is 6.10 Å². The lowest BCUT2D eigenvalue weighted by Crippen LogP contribution is -2.41. The van der Waals surface area contributed by atoms with E-state index in [0.717, 1.165) is 45.4 Å². The van der Waals surface area contributed by atoms with E-state index in [9.17, 15) is 4.79 Å². The molecule has 0 bridgehead atoms. The molecule has 2 N–H and O–H groups in total. The molecule has 3 rings (SSSR count). The van der Waals surface area contributed by atoms with Crippen molar-refractivity contribution in [2.24, 2.45) is 5.92 Å². The summed E-state index contributed by atoms with van der Waals surface area (Å²) in [5.41, 5.74) is 8.24. The summed E-state index contributed by atoms with van der Waals surface area (Å²) in [6.07, 6.45) is 7.12. The summed E-state index contributed by atoms with van der Waals surface area (Å²) in [5.74, 6) is 1.92. The van der Waals surface area contributed by atoms with Crippen LogP contribution >= 0.6 is 0 Å². The SMILES string of the molecule is CCOC1CC(CC(=O)N2CCC(c3cnc(N)cc3C)CC2)C1. The number of carbonyl (C=O) groups excluding carboxylic acids is 1. The molecule has 0 unspecified atom stereocenters. The quantitative estimate of drug-likeness (QED) is 0.901. The van der Waals surface area contributed by atoms with E-state index in [0.29, 0.717) is 36.1 Å². The van der Waals surface area contributed by atoms with Gasteiger partial charge in [0.1, 0.15) is 5.82 Å². The maximum Gasteiger partial charge on any atom is 0.222 e. The molecule has 0 aromatic carbocycles. The Morgan fingerprint density at radius 3 is 2.71 bits per heavy atom. The number of carbonyl (C=O) groups is 1. The monoisotopic (exact) mass is 331 g/mol. The first-order valence-electron chi connectivity index (χ1n) is 9.18. The molecular formula is C19H29N3O2. The summed E-state index contributed by atoms with van der Waals surface area (Å²) in [6.45, 7) is 6.61. The summed E-state index contributed by atoms with van der Waals surface area (Å²) >= 11 is 0. The van der Waals surface area contributed by atoms with Crippen LogP contribution in [0.2, 0.25) is 0 Å². The van der Waals surface area contributed by atoms with Crippen LogP contribution in [0.4, 0.5) is 5.82 Å². The molecular weight excluding hydrogens is 302 g/mol. The van der Waals surface area contributed by atoms with Crippen molar-refractivity contribution in [3.63, 3.8) is 0 Å². The normalized spacial score (nSPS) is 24.7. The van der Waals surface area contributed by atoms with Crippen LogP contribution in [0, 0.1) is 12.8 Å². The second-order valence-corrected chi connectivity index (χ2v) is 7.24. The highest BCUT2D eigenvalue weighted by atomic mass is 16.5. The van der Waals surface area contributed by atoms with Crippen LogP contribution in [-0.2, 0) is 9.53 Å². The summed E-state index contributed by atoms with van der Waals surface area (Å²) in [7, 11) is 0. The molecule has 132 valence electrons. The molecule has 0 radical (unpaired) electrons. The molecule has 1 aromatic rings. The minimum absolute atomic E-state index is 0.320. The van der Waals surface area contributed by atoms with E-state index in [1.165, 1.54) is 11.1 Å². The number of likely N-dealkylation sites (tertiary alicyclic amines) is 1. The van der Waals surface area contributed by atoms with Crippen molar-refractivity contribution in [1.29, 1.82) is 0 Å². The van der Waals surface area contributed by atoms with E-state index in [2.05, 4.69) is 11.9 Å². The Morgan fingerprint density at radius 2 is 2.08 bits per heavy atom. The fourth-order valence-corrected chi connectivity index (χ4v) is 4.04. The Bertz CT molecular complexity index is 576. The fourth-order valence-electron chi connectivity index (χ4n) is 4.04. The number of pyridine rings is 1. The van der Waals surface area contributed by atoms with E-state index < -0.39 is 0 Å². The lowest BCUT2D eigenvalue weighted by atomic mass is 9.79. The maximum absolute atomic E-state index is 12.5. The van der Waals surface area contributed by atoms with E-state index >= 15 is 0 Å². The van der Waals surface area contributed by atoms with Crippen LogP contribution in [0.5, 0.6) is 0 Å². The molecule has 1 aliphatic carbocycles. The van der Waals surface area contributed by atoms with Crippen LogP contribution in [0.3, 0.4) is 0 Å². The molecule has 2 heterocycles. The topological polar surface area (TPSA) is 68.5 Å². The predicted octanol–water partition coefficient (Wildman–Crippen LogP) is 2.88. The fraction of sp³-hybridized carbons (Fsp3) is 0.684. The van der Waals surface area contributed by atoms with E-state index in [1.807, 2.05) is 24.1 Å². The average molecular weight is 331 g/mol. The van der Waals surface area contributed by atoms with Crippen LogP contribution in [0.25, 0.3) is 0 Å². The second-order valence-electron chi connectivity index (χ2n) is 7.24. The molecule has 1 saturated carbocycles. The number of aryl methyl sites for hydroxylation is 1. The van der Waals surface area contributed by atoms with Crippen molar-refractivity contribution in [2.75, 3.05) is 25.4 Å². The van der Waals surface area contributed by atoms with Crippen molar-refractivity contribution in [3.05, 3.63) is 23.4 Å². The summed E-state index contributed by atoms with van der Waals surface area (Å²) in [5, 5.41) is 0. The highest BCUT2D eigenvalue weighted by Crippen LogP contribution is 2.34. The number of rotatable bonds is 5. The maximum atomic E-state index is 12.5. The smallest absolute Gasteiger partial charge is 0.222 e. The van der Waals surface area contributed by atoms with Gasteiger partial charge < -0.3 is 15.4 Å². The third-order valence-corrected chi connectivity index (χ3v) is 5.52. The Labute approximate surface area is 144 Å². The van der Waals surface area contributed by atoms with Crippen LogP contribution in [0.1, 0.15) is 56.1 Å². The number of amides is 1. The van der Waals surface area contributed by atoms with Crippen LogP contribution in [0.15, 0.2) is 12.3 Å². The molecule has 2 fully saturated rings. The van der Waals surface area contributed by atoms with Crippen molar-refractivity contribution in [3.8, 4) is 0 Å². The third-order valence-electron chi connectivity index (χ3n) is 5.52. The zero-order chi connectivity index (χ0) is 17.1. The Kier molecular flexibility index (Phi) is 5.39. The Hall–Kier alpha value is -1.62.